The lowest BCUT2D eigenvalue weighted by atomic mass is 9.93. The number of aryl methyl sites for hydroxylation is 1. The molecule has 3 rings (SSSR count). The summed E-state index contributed by atoms with van der Waals surface area (Å²) in [6, 6.07) is 8.41. The number of carbonyl (C=O) groups excluding carboxylic acids is 1. The fourth-order valence-corrected chi connectivity index (χ4v) is 3.76. The molecule has 3 heteroatoms. The van der Waals surface area contributed by atoms with Crippen molar-refractivity contribution in [2.75, 3.05) is 11.4 Å². The maximum atomic E-state index is 13.1. The lowest BCUT2D eigenvalue weighted by molar-refractivity contribution is -0.123. The molecular weight excluding hydrogens is 260 g/mol. The molecule has 0 aromatic heterocycles. The summed E-state index contributed by atoms with van der Waals surface area (Å²) in [5.41, 5.74) is 8.73. The molecule has 1 aromatic rings. The highest BCUT2D eigenvalue weighted by molar-refractivity contribution is 5.96. The summed E-state index contributed by atoms with van der Waals surface area (Å²) in [5.74, 6) is 0.275. The van der Waals surface area contributed by atoms with Crippen molar-refractivity contribution in [1.82, 2.24) is 0 Å². The molecule has 114 valence electrons. The van der Waals surface area contributed by atoms with Gasteiger partial charge in [-0.3, -0.25) is 4.79 Å². The first-order valence-corrected chi connectivity index (χ1v) is 8.42. The summed E-state index contributed by atoms with van der Waals surface area (Å²) in [5, 5.41) is 0. The Balaban J connectivity index is 1.86. The molecule has 0 radical (unpaired) electrons. The van der Waals surface area contributed by atoms with Gasteiger partial charge in [0, 0.05) is 18.3 Å². The average molecular weight is 286 g/mol. The molecule has 2 atom stereocenters. The first-order chi connectivity index (χ1) is 10.3. The zero-order valence-electron chi connectivity index (χ0n) is 12.8. The van der Waals surface area contributed by atoms with Gasteiger partial charge >= 0.3 is 0 Å². The minimum Gasteiger partial charge on any atom is -0.327 e. The number of hydrogen-bond donors (Lipinski definition) is 1. The van der Waals surface area contributed by atoms with Crippen molar-refractivity contribution in [2.45, 2.75) is 57.4 Å². The molecule has 0 saturated heterocycles. The second-order valence-electron chi connectivity index (χ2n) is 6.48. The molecule has 1 saturated carbocycles. The average Bonchev–Trinajstić information content (AvgIpc) is 2.84. The number of benzene rings is 1. The van der Waals surface area contributed by atoms with Gasteiger partial charge in [-0.25, -0.2) is 0 Å². The second kappa shape index (κ2) is 6.61. The second-order valence-corrected chi connectivity index (χ2v) is 6.48. The summed E-state index contributed by atoms with van der Waals surface area (Å²) >= 11 is 0. The van der Waals surface area contributed by atoms with Crippen LogP contribution < -0.4 is 10.6 Å². The van der Waals surface area contributed by atoms with Crippen LogP contribution in [0.15, 0.2) is 24.3 Å². The number of carbonyl (C=O) groups is 1. The van der Waals surface area contributed by atoms with E-state index in [1.54, 1.807) is 0 Å². The van der Waals surface area contributed by atoms with Crippen molar-refractivity contribution in [3.8, 4) is 0 Å². The summed E-state index contributed by atoms with van der Waals surface area (Å²) in [6.45, 7) is 0.846. The Morgan fingerprint density at radius 2 is 1.86 bits per heavy atom. The Bertz CT molecular complexity index is 500. The normalized spacial score (nSPS) is 26.6. The van der Waals surface area contributed by atoms with Crippen LogP contribution in [-0.4, -0.2) is 18.5 Å². The highest BCUT2D eigenvalue weighted by Crippen LogP contribution is 2.30. The molecule has 0 bridgehead atoms. The van der Waals surface area contributed by atoms with Gasteiger partial charge in [-0.15, -0.1) is 0 Å². The number of anilines is 1. The third-order valence-electron chi connectivity index (χ3n) is 5.01. The molecule has 1 fully saturated rings. The lowest BCUT2D eigenvalue weighted by Gasteiger charge is -2.29. The van der Waals surface area contributed by atoms with Gasteiger partial charge < -0.3 is 10.6 Å². The minimum atomic E-state index is 0.0126. The van der Waals surface area contributed by atoms with Gasteiger partial charge in [0.15, 0.2) is 0 Å². The monoisotopic (exact) mass is 286 g/mol. The SMILES string of the molecule is NC1CCCCCC1C(=O)N1CCCCc2ccccc21. The third-order valence-corrected chi connectivity index (χ3v) is 5.01. The highest BCUT2D eigenvalue weighted by Gasteiger charge is 2.32. The molecule has 3 nitrogen and oxygen atoms in total. The van der Waals surface area contributed by atoms with Crippen LogP contribution in [0.2, 0.25) is 0 Å². The van der Waals surface area contributed by atoms with Crippen molar-refractivity contribution in [2.24, 2.45) is 11.7 Å². The molecule has 2 N–H and O–H groups in total. The number of fused-ring (bicyclic) bond motifs is 1. The number of hydrogen-bond acceptors (Lipinski definition) is 2. The molecule has 2 unspecified atom stereocenters. The first kappa shape index (κ1) is 14.6. The number of rotatable bonds is 1. The maximum absolute atomic E-state index is 13.1. The molecule has 1 aromatic carbocycles. The topological polar surface area (TPSA) is 46.3 Å². The Kier molecular flexibility index (Phi) is 4.59. The summed E-state index contributed by atoms with van der Waals surface area (Å²) in [4.78, 5) is 15.1. The van der Waals surface area contributed by atoms with Crippen molar-refractivity contribution in [1.29, 1.82) is 0 Å². The quantitative estimate of drug-likeness (QED) is 0.805. The van der Waals surface area contributed by atoms with E-state index in [0.29, 0.717) is 0 Å². The first-order valence-electron chi connectivity index (χ1n) is 8.42. The molecule has 21 heavy (non-hydrogen) atoms. The van der Waals surface area contributed by atoms with E-state index in [1.165, 1.54) is 18.4 Å². The van der Waals surface area contributed by atoms with E-state index in [4.69, 9.17) is 5.73 Å². The molecule has 1 amide bonds. The number of nitrogens with two attached hydrogens (primary N) is 1. The maximum Gasteiger partial charge on any atom is 0.231 e. The fourth-order valence-electron chi connectivity index (χ4n) is 3.76. The van der Waals surface area contributed by atoms with Gasteiger partial charge in [0.2, 0.25) is 5.91 Å². The predicted molar refractivity (Wildman–Crippen MR) is 86.3 cm³/mol. The van der Waals surface area contributed by atoms with E-state index in [0.717, 1.165) is 50.8 Å². The number of para-hydroxylation sites is 1. The number of amides is 1. The summed E-state index contributed by atoms with van der Waals surface area (Å²) < 4.78 is 0. The largest absolute Gasteiger partial charge is 0.327 e. The van der Waals surface area contributed by atoms with E-state index < -0.39 is 0 Å². The van der Waals surface area contributed by atoms with Crippen LogP contribution in [0.1, 0.15) is 50.5 Å². The van der Waals surface area contributed by atoms with Crippen molar-refractivity contribution < 1.29 is 4.79 Å². The van der Waals surface area contributed by atoms with E-state index in [9.17, 15) is 4.79 Å². The minimum absolute atomic E-state index is 0.0126. The van der Waals surface area contributed by atoms with Crippen LogP contribution in [-0.2, 0) is 11.2 Å². The Morgan fingerprint density at radius 3 is 2.76 bits per heavy atom. The number of nitrogens with zero attached hydrogens (tertiary/aromatic N) is 1. The van der Waals surface area contributed by atoms with E-state index in [2.05, 4.69) is 18.2 Å². The fraction of sp³-hybridized carbons (Fsp3) is 0.611. The zero-order chi connectivity index (χ0) is 14.7. The molecule has 2 aliphatic rings. The van der Waals surface area contributed by atoms with Crippen LogP contribution in [0.3, 0.4) is 0 Å². The molecule has 1 aliphatic carbocycles. The van der Waals surface area contributed by atoms with Gasteiger partial charge in [0.05, 0.1) is 5.92 Å². The third kappa shape index (κ3) is 3.13. The van der Waals surface area contributed by atoms with E-state index in [1.807, 2.05) is 11.0 Å². The summed E-state index contributed by atoms with van der Waals surface area (Å²) in [7, 11) is 0. The smallest absolute Gasteiger partial charge is 0.231 e. The van der Waals surface area contributed by atoms with Gasteiger partial charge in [0.25, 0.3) is 0 Å². The van der Waals surface area contributed by atoms with Crippen LogP contribution in [0.4, 0.5) is 5.69 Å². The van der Waals surface area contributed by atoms with Crippen molar-refractivity contribution in [3.63, 3.8) is 0 Å². The van der Waals surface area contributed by atoms with Gasteiger partial charge in [-0.2, -0.15) is 0 Å². The molecular formula is C18H26N2O. The van der Waals surface area contributed by atoms with Crippen molar-refractivity contribution in [3.05, 3.63) is 29.8 Å². The van der Waals surface area contributed by atoms with E-state index in [-0.39, 0.29) is 17.9 Å². The summed E-state index contributed by atoms with van der Waals surface area (Å²) in [6.07, 6.45) is 8.80. The lowest BCUT2D eigenvalue weighted by Crippen LogP contribution is -2.44. The van der Waals surface area contributed by atoms with Crippen molar-refractivity contribution >= 4 is 11.6 Å². The van der Waals surface area contributed by atoms with Gasteiger partial charge in [-0.05, 0) is 43.7 Å². The standard InChI is InChI=1S/C18H26N2O/c19-16-11-3-1-2-10-15(16)18(21)20-13-7-6-9-14-8-4-5-12-17(14)20/h4-5,8,12,15-16H,1-3,6-7,9-11,13,19H2. The Morgan fingerprint density at radius 1 is 1.05 bits per heavy atom. The van der Waals surface area contributed by atoms with E-state index >= 15 is 0 Å². The highest BCUT2D eigenvalue weighted by atomic mass is 16.2. The molecule has 1 aliphatic heterocycles. The van der Waals surface area contributed by atoms with Gasteiger partial charge in [-0.1, -0.05) is 37.5 Å². The van der Waals surface area contributed by atoms with Crippen LogP contribution >= 0.6 is 0 Å². The van der Waals surface area contributed by atoms with Crippen LogP contribution in [0.25, 0.3) is 0 Å². The Hall–Kier alpha value is -1.35. The Labute approximate surface area is 127 Å². The zero-order valence-corrected chi connectivity index (χ0v) is 12.8. The van der Waals surface area contributed by atoms with Gasteiger partial charge in [0.1, 0.15) is 0 Å². The van der Waals surface area contributed by atoms with Crippen LogP contribution in [0.5, 0.6) is 0 Å². The molecule has 1 heterocycles. The predicted octanol–water partition coefficient (Wildman–Crippen LogP) is 3.26. The van der Waals surface area contributed by atoms with Crippen LogP contribution in [0, 0.1) is 5.92 Å². The molecule has 0 spiro atoms.